The lowest BCUT2D eigenvalue weighted by Crippen LogP contribution is -2.18. The highest BCUT2D eigenvalue weighted by Gasteiger charge is 2.26. The van der Waals surface area contributed by atoms with Crippen LogP contribution in [0.1, 0.15) is 10.5 Å². The average Bonchev–Trinajstić information content (AvgIpc) is 2.88. The Morgan fingerprint density at radius 3 is 2.48 bits per heavy atom. The van der Waals surface area contributed by atoms with Gasteiger partial charge in [0.05, 0.1) is 4.90 Å². The second kappa shape index (κ2) is 4.71. The molecule has 0 saturated carbocycles. The van der Waals surface area contributed by atoms with Crippen molar-refractivity contribution in [1.82, 2.24) is 8.96 Å². The summed E-state index contributed by atoms with van der Waals surface area (Å²) in [5.74, 6) is -1.33. The second-order valence-corrected chi connectivity index (χ2v) is 6.12. The fourth-order valence-electron chi connectivity index (χ4n) is 2.10. The van der Waals surface area contributed by atoms with Gasteiger partial charge in [0.1, 0.15) is 5.69 Å². The van der Waals surface area contributed by atoms with Gasteiger partial charge in [0.15, 0.2) is 5.65 Å². The summed E-state index contributed by atoms with van der Waals surface area (Å²) in [6.45, 7) is 0. The molecule has 0 unspecified atom stereocenters. The van der Waals surface area contributed by atoms with Crippen LogP contribution in [0.3, 0.4) is 0 Å². The molecule has 106 valence electrons. The van der Waals surface area contributed by atoms with Gasteiger partial charge in [-0.1, -0.05) is 18.2 Å². The summed E-state index contributed by atoms with van der Waals surface area (Å²) in [7, 11) is -4.02. The number of carboxylic acids is 1. The molecule has 0 aliphatic carbocycles. The van der Waals surface area contributed by atoms with E-state index in [1.807, 2.05) is 0 Å². The Bertz CT molecular complexity index is 930. The van der Waals surface area contributed by atoms with E-state index in [0.29, 0.717) is 5.39 Å². The number of aromatic nitrogens is 2. The lowest BCUT2D eigenvalue weighted by molar-refractivity contribution is 0.0689. The number of aromatic carboxylic acids is 1. The van der Waals surface area contributed by atoms with Crippen molar-refractivity contribution in [1.29, 1.82) is 0 Å². The van der Waals surface area contributed by atoms with E-state index in [1.165, 1.54) is 24.4 Å². The zero-order valence-corrected chi connectivity index (χ0v) is 11.5. The molecule has 3 aromatic rings. The Morgan fingerprint density at radius 2 is 1.81 bits per heavy atom. The molecular formula is C14H10N2O4S. The van der Waals surface area contributed by atoms with Crippen molar-refractivity contribution >= 4 is 27.0 Å². The summed E-state index contributed by atoms with van der Waals surface area (Å²) in [6, 6.07) is 12.2. The topological polar surface area (TPSA) is 89.3 Å². The highest BCUT2D eigenvalue weighted by atomic mass is 32.2. The molecular weight excluding hydrogens is 292 g/mol. The van der Waals surface area contributed by atoms with Crippen LogP contribution in [0.15, 0.2) is 59.6 Å². The zero-order chi connectivity index (χ0) is 15.0. The molecule has 0 atom stereocenters. The van der Waals surface area contributed by atoms with Crippen LogP contribution in [0.5, 0.6) is 0 Å². The number of carbonyl (C=O) groups is 1. The lowest BCUT2D eigenvalue weighted by atomic mass is 10.3. The largest absolute Gasteiger partial charge is 0.477 e. The van der Waals surface area contributed by atoms with Crippen molar-refractivity contribution in [2.24, 2.45) is 0 Å². The van der Waals surface area contributed by atoms with Gasteiger partial charge in [-0.05, 0) is 30.3 Å². The lowest BCUT2D eigenvalue weighted by Gasteiger charge is -2.08. The molecule has 0 fully saturated rings. The summed E-state index contributed by atoms with van der Waals surface area (Å²) in [4.78, 5) is 15.4. The third-order valence-corrected chi connectivity index (χ3v) is 4.74. The van der Waals surface area contributed by atoms with E-state index >= 15 is 0 Å². The highest BCUT2D eigenvalue weighted by molar-refractivity contribution is 7.90. The maximum atomic E-state index is 12.7. The van der Waals surface area contributed by atoms with Crippen LogP contribution < -0.4 is 0 Å². The van der Waals surface area contributed by atoms with Crippen LogP contribution in [0.2, 0.25) is 0 Å². The first-order valence-electron chi connectivity index (χ1n) is 6.02. The third kappa shape index (κ3) is 2.07. The number of fused-ring (bicyclic) bond motifs is 1. The van der Waals surface area contributed by atoms with Gasteiger partial charge in [0.25, 0.3) is 10.0 Å². The van der Waals surface area contributed by atoms with Crippen molar-refractivity contribution in [3.05, 3.63) is 60.4 Å². The van der Waals surface area contributed by atoms with Crippen molar-refractivity contribution in [3.8, 4) is 0 Å². The Balaban J connectivity index is 2.39. The van der Waals surface area contributed by atoms with E-state index in [2.05, 4.69) is 4.98 Å². The average molecular weight is 302 g/mol. The van der Waals surface area contributed by atoms with Gasteiger partial charge < -0.3 is 5.11 Å². The molecule has 0 saturated heterocycles. The standard InChI is InChI=1S/C14H10N2O4S/c17-14(18)12-9-10-5-4-8-15-13(10)16(12)21(19,20)11-6-2-1-3-7-11/h1-9H,(H,17,18). The van der Waals surface area contributed by atoms with E-state index in [9.17, 15) is 18.3 Å². The Labute approximate surface area is 120 Å². The van der Waals surface area contributed by atoms with E-state index in [4.69, 9.17) is 0 Å². The van der Waals surface area contributed by atoms with Crippen LogP contribution in [0.4, 0.5) is 0 Å². The van der Waals surface area contributed by atoms with E-state index in [-0.39, 0.29) is 16.2 Å². The normalized spacial score (nSPS) is 11.6. The number of benzene rings is 1. The predicted octanol–water partition coefficient (Wildman–Crippen LogP) is 1.97. The molecule has 0 spiro atoms. The summed E-state index contributed by atoms with van der Waals surface area (Å²) < 4.78 is 26.2. The molecule has 6 nitrogen and oxygen atoms in total. The van der Waals surface area contributed by atoms with Crippen molar-refractivity contribution in [2.75, 3.05) is 0 Å². The Hall–Kier alpha value is -2.67. The molecule has 1 N–H and O–H groups in total. The van der Waals surface area contributed by atoms with Crippen LogP contribution >= 0.6 is 0 Å². The molecule has 0 radical (unpaired) electrons. The maximum Gasteiger partial charge on any atom is 0.353 e. The summed E-state index contributed by atoms with van der Waals surface area (Å²) in [5.41, 5.74) is -0.244. The monoisotopic (exact) mass is 302 g/mol. The fourth-order valence-corrected chi connectivity index (χ4v) is 3.58. The van der Waals surface area contributed by atoms with Crippen LogP contribution in [0.25, 0.3) is 11.0 Å². The second-order valence-electron chi connectivity index (χ2n) is 4.33. The van der Waals surface area contributed by atoms with E-state index in [0.717, 1.165) is 3.97 Å². The van der Waals surface area contributed by atoms with Crippen molar-refractivity contribution in [3.63, 3.8) is 0 Å². The minimum absolute atomic E-state index is 0.00986. The molecule has 0 aliphatic heterocycles. The van der Waals surface area contributed by atoms with Crippen molar-refractivity contribution in [2.45, 2.75) is 4.90 Å². The zero-order valence-electron chi connectivity index (χ0n) is 10.7. The van der Waals surface area contributed by atoms with Gasteiger partial charge in [-0.15, -0.1) is 0 Å². The molecule has 0 bridgehead atoms. The summed E-state index contributed by atoms with van der Waals surface area (Å²) >= 11 is 0. The molecule has 2 aromatic heterocycles. The Morgan fingerprint density at radius 1 is 1.10 bits per heavy atom. The van der Waals surface area contributed by atoms with Crippen LogP contribution in [-0.4, -0.2) is 28.5 Å². The molecule has 0 amide bonds. The molecule has 0 aliphatic rings. The molecule has 1 aromatic carbocycles. The van der Waals surface area contributed by atoms with Gasteiger partial charge in [-0.3, -0.25) is 0 Å². The number of carboxylic acid groups (broad SMARTS) is 1. The maximum absolute atomic E-state index is 12.7. The molecule has 7 heteroatoms. The fraction of sp³-hybridized carbons (Fsp3) is 0. The van der Waals surface area contributed by atoms with Gasteiger partial charge in [0.2, 0.25) is 0 Å². The SMILES string of the molecule is O=C(O)c1cc2cccnc2n1S(=O)(=O)c1ccccc1. The van der Waals surface area contributed by atoms with Gasteiger partial charge in [-0.2, -0.15) is 0 Å². The first-order valence-corrected chi connectivity index (χ1v) is 7.46. The van der Waals surface area contributed by atoms with Gasteiger partial charge in [-0.25, -0.2) is 22.2 Å². The van der Waals surface area contributed by atoms with Crippen LogP contribution in [-0.2, 0) is 10.0 Å². The number of rotatable bonds is 3. The molecule has 21 heavy (non-hydrogen) atoms. The molecule has 2 heterocycles. The van der Waals surface area contributed by atoms with Crippen LogP contribution in [0, 0.1) is 0 Å². The third-order valence-electron chi connectivity index (χ3n) is 3.02. The van der Waals surface area contributed by atoms with E-state index < -0.39 is 16.0 Å². The van der Waals surface area contributed by atoms with E-state index in [1.54, 1.807) is 30.3 Å². The van der Waals surface area contributed by atoms with Gasteiger partial charge >= 0.3 is 5.97 Å². The highest BCUT2D eigenvalue weighted by Crippen LogP contribution is 2.24. The summed E-state index contributed by atoms with van der Waals surface area (Å²) in [6.07, 6.45) is 1.42. The number of nitrogens with zero attached hydrogens (tertiary/aromatic N) is 2. The molecule has 3 rings (SSSR count). The number of hydrogen-bond donors (Lipinski definition) is 1. The minimum atomic E-state index is -4.02. The summed E-state index contributed by atoms with van der Waals surface area (Å²) in [5, 5.41) is 9.72. The smallest absolute Gasteiger partial charge is 0.353 e. The number of pyridine rings is 1. The van der Waals surface area contributed by atoms with Crippen molar-refractivity contribution < 1.29 is 18.3 Å². The quantitative estimate of drug-likeness (QED) is 0.799. The predicted molar refractivity (Wildman–Crippen MR) is 75.7 cm³/mol. The Kier molecular flexibility index (Phi) is 2.99. The first-order chi connectivity index (χ1) is 10.0. The first kappa shape index (κ1) is 13.3. The van der Waals surface area contributed by atoms with Gasteiger partial charge in [0, 0.05) is 11.6 Å². The minimum Gasteiger partial charge on any atom is -0.477 e. The number of hydrogen-bond acceptors (Lipinski definition) is 4.